The van der Waals surface area contributed by atoms with E-state index in [1.807, 2.05) is 25.1 Å². The quantitative estimate of drug-likeness (QED) is 0.786. The first-order chi connectivity index (χ1) is 8.61. The summed E-state index contributed by atoms with van der Waals surface area (Å²) in [6.07, 6.45) is 2.87. The molecule has 1 atom stereocenters. The highest BCUT2D eigenvalue weighted by atomic mass is 32.2. The number of hydrogen-bond acceptors (Lipinski definition) is 3. The molecule has 1 aliphatic carbocycles. The fourth-order valence-corrected chi connectivity index (χ4v) is 3.71. The first kappa shape index (κ1) is 11.5. The van der Waals surface area contributed by atoms with Gasteiger partial charge in [-0.1, -0.05) is 12.1 Å². The summed E-state index contributed by atoms with van der Waals surface area (Å²) in [6, 6.07) is 3.99. The van der Waals surface area contributed by atoms with Crippen LogP contribution in [0, 0.1) is 12.8 Å². The molecule has 1 unspecified atom stereocenters. The summed E-state index contributed by atoms with van der Waals surface area (Å²) in [5.41, 5.74) is 8.80. The summed E-state index contributed by atoms with van der Waals surface area (Å²) in [6.45, 7) is 1.91. The van der Waals surface area contributed by atoms with Crippen LogP contribution in [-0.4, -0.2) is 17.4 Å². The van der Waals surface area contributed by atoms with Gasteiger partial charge in [0.15, 0.2) is 5.78 Å². The van der Waals surface area contributed by atoms with Gasteiger partial charge in [-0.05, 0) is 30.5 Å². The molecule has 92 valence electrons. The Morgan fingerprint density at radius 1 is 1.39 bits per heavy atom. The Morgan fingerprint density at radius 3 is 2.89 bits per heavy atom. The van der Waals surface area contributed by atoms with Gasteiger partial charge in [-0.3, -0.25) is 9.59 Å². The fraction of sp³-hybridized carbons (Fsp3) is 0.286. The van der Waals surface area contributed by atoms with Crippen LogP contribution in [0.3, 0.4) is 0 Å². The van der Waals surface area contributed by atoms with E-state index in [0.717, 1.165) is 33.8 Å². The van der Waals surface area contributed by atoms with E-state index in [4.69, 9.17) is 5.73 Å². The number of benzene rings is 1. The molecule has 0 aromatic heterocycles. The van der Waals surface area contributed by atoms with E-state index in [9.17, 15) is 9.59 Å². The monoisotopic (exact) mass is 259 g/mol. The van der Waals surface area contributed by atoms with Crippen LogP contribution in [0.1, 0.15) is 27.9 Å². The Bertz CT molecular complexity index is 604. The molecule has 1 aromatic rings. The van der Waals surface area contributed by atoms with Crippen molar-refractivity contribution in [3.8, 4) is 0 Å². The van der Waals surface area contributed by atoms with Crippen molar-refractivity contribution >= 4 is 29.0 Å². The van der Waals surface area contributed by atoms with Crippen LogP contribution < -0.4 is 5.73 Å². The standard InChI is InChI=1S/C14H13NO2S/c1-7-4-5-9-11-8(3-2-6-18-9)12(14(15)17)13(16)10(7)11/h3-5,12H,2,6H2,1H3,(H2,15,17). The van der Waals surface area contributed by atoms with Crippen molar-refractivity contribution in [2.24, 2.45) is 11.7 Å². The number of amides is 1. The lowest BCUT2D eigenvalue weighted by atomic mass is 9.97. The number of aryl methyl sites for hydroxylation is 1. The summed E-state index contributed by atoms with van der Waals surface area (Å²) in [5.74, 6) is -0.484. The predicted octanol–water partition coefficient (Wildman–Crippen LogP) is 2.17. The number of allylic oxidation sites excluding steroid dienone is 1. The molecule has 0 saturated carbocycles. The van der Waals surface area contributed by atoms with E-state index < -0.39 is 11.8 Å². The third kappa shape index (κ3) is 1.45. The number of Topliss-reactive ketones (excluding diaryl/α,β-unsaturated/α-hetero) is 1. The van der Waals surface area contributed by atoms with Gasteiger partial charge in [-0.25, -0.2) is 0 Å². The van der Waals surface area contributed by atoms with Crippen LogP contribution in [0.15, 0.2) is 23.1 Å². The Labute approximate surface area is 109 Å². The molecule has 1 amide bonds. The number of carbonyl (C=O) groups is 2. The predicted molar refractivity (Wildman–Crippen MR) is 71.5 cm³/mol. The minimum Gasteiger partial charge on any atom is -0.369 e. The van der Waals surface area contributed by atoms with Crippen LogP contribution in [0.5, 0.6) is 0 Å². The molecule has 0 bridgehead atoms. The fourth-order valence-electron chi connectivity index (χ4n) is 2.73. The lowest BCUT2D eigenvalue weighted by Gasteiger charge is -2.08. The number of carbonyl (C=O) groups excluding carboxylic acids is 2. The van der Waals surface area contributed by atoms with E-state index >= 15 is 0 Å². The molecule has 3 nitrogen and oxygen atoms in total. The molecule has 2 aliphatic rings. The molecule has 1 heterocycles. The van der Waals surface area contributed by atoms with Gasteiger partial charge in [0.05, 0.1) is 0 Å². The molecule has 1 aromatic carbocycles. The molecule has 0 radical (unpaired) electrons. The molecule has 4 heteroatoms. The van der Waals surface area contributed by atoms with Gasteiger partial charge < -0.3 is 5.73 Å². The summed E-state index contributed by atoms with van der Waals surface area (Å²) in [7, 11) is 0. The third-order valence-electron chi connectivity index (χ3n) is 3.51. The second-order valence-corrected chi connectivity index (χ2v) is 5.76. The van der Waals surface area contributed by atoms with E-state index in [0.29, 0.717) is 5.56 Å². The van der Waals surface area contributed by atoms with E-state index in [1.165, 1.54) is 0 Å². The SMILES string of the molecule is Cc1ccc2c3c1C(=O)C(C(N)=O)C3=CCCS2. The molecular weight excluding hydrogens is 246 g/mol. The van der Waals surface area contributed by atoms with E-state index in [1.54, 1.807) is 11.8 Å². The first-order valence-corrected chi connectivity index (χ1v) is 6.90. The smallest absolute Gasteiger partial charge is 0.232 e. The zero-order valence-electron chi connectivity index (χ0n) is 10.0. The van der Waals surface area contributed by atoms with E-state index in [-0.39, 0.29) is 5.78 Å². The lowest BCUT2D eigenvalue weighted by Crippen LogP contribution is -2.27. The molecule has 1 aliphatic heterocycles. The topological polar surface area (TPSA) is 60.2 Å². The molecule has 18 heavy (non-hydrogen) atoms. The average molecular weight is 259 g/mol. The summed E-state index contributed by atoms with van der Waals surface area (Å²) >= 11 is 1.74. The Morgan fingerprint density at radius 2 is 2.17 bits per heavy atom. The molecule has 2 N–H and O–H groups in total. The molecule has 0 saturated heterocycles. The normalized spacial score (nSPS) is 21.3. The minimum atomic E-state index is -0.779. The third-order valence-corrected chi connectivity index (χ3v) is 4.60. The number of thioether (sulfide) groups is 1. The maximum atomic E-state index is 12.4. The highest BCUT2D eigenvalue weighted by Gasteiger charge is 2.41. The van der Waals surface area contributed by atoms with Crippen LogP contribution in [-0.2, 0) is 4.79 Å². The van der Waals surface area contributed by atoms with Crippen LogP contribution in [0.4, 0.5) is 0 Å². The van der Waals surface area contributed by atoms with Crippen LogP contribution in [0.25, 0.3) is 5.57 Å². The molecule has 3 rings (SSSR count). The largest absolute Gasteiger partial charge is 0.369 e. The zero-order valence-corrected chi connectivity index (χ0v) is 10.8. The Kier molecular flexibility index (Phi) is 2.55. The summed E-state index contributed by atoms with van der Waals surface area (Å²) in [5, 5.41) is 0. The van der Waals surface area contributed by atoms with Crippen molar-refractivity contribution < 1.29 is 9.59 Å². The van der Waals surface area contributed by atoms with Crippen molar-refractivity contribution in [3.05, 3.63) is 34.9 Å². The van der Waals surface area contributed by atoms with Gasteiger partial charge in [0, 0.05) is 21.8 Å². The second kappa shape index (κ2) is 3.99. The zero-order chi connectivity index (χ0) is 12.9. The Balaban J connectivity index is 2.33. The van der Waals surface area contributed by atoms with Gasteiger partial charge in [0.25, 0.3) is 0 Å². The molecule has 0 fully saturated rings. The maximum absolute atomic E-state index is 12.4. The van der Waals surface area contributed by atoms with Crippen molar-refractivity contribution in [1.29, 1.82) is 0 Å². The van der Waals surface area contributed by atoms with Crippen LogP contribution in [0.2, 0.25) is 0 Å². The highest BCUT2D eigenvalue weighted by Crippen LogP contribution is 2.45. The van der Waals surface area contributed by atoms with Crippen molar-refractivity contribution in [1.82, 2.24) is 0 Å². The number of nitrogens with two attached hydrogens (primary N) is 1. The minimum absolute atomic E-state index is 0.134. The number of hydrogen-bond donors (Lipinski definition) is 1. The Hall–Kier alpha value is -1.55. The van der Waals surface area contributed by atoms with Crippen molar-refractivity contribution in [3.63, 3.8) is 0 Å². The van der Waals surface area contributed by atoms with Gasteiger partial charge in [-0.15, -0.1) is 11.8 Å². The van der Waals surface area contributed by atoms with Gasteiger partial charge in [-0.2, -0.15) is 0 Å². The maximum Gasteiger partial charge on any atom is 0.232 e. The second-order valence-electron chi connectivity index (χ2n) is 4.63. The number of primary amides is 1. The summed E-state index contributed by atoms with van der Waals surface area (Å²) < 4.78 is 0. The van der Waals surface area contributed by atoms with Gasteiger partial charge >= 0.3 is 0 Å². The van der Waals surface area contributed by atoms with E-state index in [2.05, 4.69) is 0 Å². The molecular formula is C14H13NO2S. The van der Waals surface area contributed by atoms with Gasteiger partial charge in [0.2, 0.25) is 5.91 Å². The highest BCUT2D eigenvalue weighted by molar-refractivity contribution is 7.99. The first-order valence-electron chi connectivity index (χ1n) is 5.91. The molecule has 0 spiro atoms. The van der Waals surface area contributed by atoms with Crippen LogP contribution >= 0.6 is 11.8 Å². The van der Waals surface area contributed by atoms with Crippen molar-refractivity contribution in [2.75, 3.05) is 5.75 Å². The van der Waals surface area contributed by atoms with Crippen molar-refractivity contribution in [2.45, 2.75) is 18.2 Å². The lowest BCUT2D eigenvalue weighted by molar-refractivity contribution is -0.118. The summed E-state index contributed by atoms with van der Waals surface area (Å²) in [4.78, 5) is 25.0. The number of ketones is 1. The average Bonchev–Trinajstić information content (AvgIpc) is 2.48. The number of rotatable bonds is 1. The van der Waals surface area contributed by atoms with Gasteiger partial charge in [0.1, 0.15) is 5.92 Å².